The van der Waals surface area contributed by atoms with E-state index in [9.17, 15) is 0 Å². The van der Waals surface area contributed by atoms with Crippen LogP contribution in [-0.4, -0.2) is 12.1 Å². The van der Waals surface area contributed by atoms with Gasteiger partial charge in [0.1, 0.15) is 0 Å². The fourth-order valence-electron chi connectivity index (χ4n) is 3.37. The van der Waals surface area contributed by atoms with Crippen LogP contribution in [0.2, 0.25) is 0 Å². The summed E-state index contributed by atoms with van der Waals surface area (Å²) >= 11 is 0. The van der Waals surface area contributed by atoms with Crippen molar-refractivity contribution in [1.29, 1.82) is 0 Å². The van der Waals surface area contributed by atoms with Gasteiger partial charge in [-0.3, -0.25) is 0 Å². The Morgan fingerprint density at radius 2 is 1.87 bits per heavy atom. The van der Waals surface area contributed by atoms with Gasteiger partial charge in [0, 0.05) is 11.5 Å². The van der Waals surface area contributed by atoms with Crippen molar-refractivity contribution in [2.24, 2.45) is 0 Å². The van der Waals surface area contributed by atoms with Gasteiger partial charge >= 0.3 is 0 Å². The molecule has 3 rings (SSSR count). The van der Waals surface area contributed by atoms with E-state index in [1.165, 1.54) is 38.6 Å². The molecule has 15 heavy (non-hydrogen) atoms. The zero-order valence-electron chi connectivity index (χ0n) is 9.21. The summed E-state index contributed by atoms with van der Waals surface area (Å²) in [4.78, 5) is 0. The van der Waals surface area contributed by atoms with Crippen LogP contribution in [-0.2, 0) is 0 Å². The lowest BCUT2D eigenvalue weighted by atomic mass is 9.65. The smallest absolute Gasteiger partial charge is 0.0262 e. The highest BCUT2D eigenvalue weighted by Crippen LogP contribution is 2.45. The lowest BCUT2D eigenvalue weighted by Crippen LogP contribution is -2.61. The first-order chi connectivity index (χ1) is 7.41. The van der Waals surface area contributed by atoms with E-state index >= 15 is 0 Å². The number of nitrogens with one attached hydrogen (secondary N) is 1. The molecule has 0 radical (unpaired) electrons. The highest BCUT2D eigenvalue weighted by molar-refractivity contribution is 5.26. The normalized spacial score (nSPS) is 35.1. The minimum Gasteiger partial charge on any atom is -0.311 e. The van der Waals surface area contributed by atoms with Crippen molar-refractivity contribution in [2.45, 2.75) is 43.6 Å². The van der Waals surface area contributed by atoms with Gasteiger partial charge in [-0.1, -0.05) is 43.2 Å². The Hall–Kier alpha value is -0.820. The summed E-state index contributed by atoms with van der Waals surface area (Å²) < 4.78 is 0. The predicted molar refractivity (Wildman–Crippen MR) is 63.0 cm³/mol. The molecule has 1 aromatic rings. The first-order valence-corrected chi connectivity index (χ1v) is 6.21. The van der Waals surface area contributed by atoms with Gasteiger partial charge in [-0.2, -0.15) is 0 Å². The minimum atomic E-state index is 0.472. The van der Waals surface area contributed by atoms with Crippen LogP contribution in [0, 0.1) is 0 Å². The fourth-order valence-corrected chi connectivity index (χ4v) is 3.37. The van der Waals surface area contributed by atoms with Crippen molar-refractivity contribution in [2.75, 3.05) is 6.54 Å². The second-order valence-electron chi connectivity index (χ2n) is 5.04. The van der Waals surface area contributed by atoms with E-state index < -0.39 is 0 Å². The molecule has 1 spiro atoms. The van der Waals surface area contributed by atoms with E-state index in [-0.39, 0.29) is 0 Å². The molecule has 1 aliphatic carbocycles. The molecule has 1 aromatic carbocycles. The lowest BCUT2D eigenvalue weighted by Gasteiger charge is -2.52. The third kappa shape index (κ3) is 1.50. The molecule has 0 aromatic heterocycles. The molecule has 80 valence electrons. The van der Waals surface area contributed by atoms with Crippen LogP contribution < -0.4 is 5.32 Å². The highest BCUT2D eigenvalue weighted by atomic mass is 15.1. The van der Waals surface area contributed by atoms with Crippen molar-refractivity contribution >= 4 is 0 Å². The van der Waals surface area contributed by atoms with Gasteiger partial charge in [-0.25, -0.2) is 0 Å². The zero-order valence-corrected chi connectivity index (χ0v) is 9.21. The van der Waals surface area contributed by atoms with E-state index in [1.54, 1.807) is 5.56 Å². The lowest BCUT2D eigenvalue weighted by molar-refractivity contribution is 0.114. The largest absolute Gasteiger partial charge is 0.311 e. The van der Waals surface area contributed by atoms with E-state index in [0.29, 0.717) is 5.54 Å². The number of hydrogen-bond acceptors (Lipinski definition) is 1. The molecule has 2 atom stereocenters. The van der Waals surface area contributed by atoms with Gasteiger partial charge in [0.25, 0.3) is 0 Å². The summed E-state index contributed by atoms with van der Waals surface area (Å²) in [7, 11) is 0. The van der Waals surface area contributed by atoms with Gasteiger partial charge in [-0.05, 0) is 31.4 Å². The van der Waals surface area contributed by atoms with Gasteiger partial charge in [0.2, 0.25) is 0 Å². The van der Waals surface area contributed by atoms with Crippen molar-refractivity contribution in [3.05, 3.63) is 35.9 Å². The fraction of sp³-hybridized carbons (Fsp3) is 0.571. The summed E-state index contributed by atoms with van der Waals surface area (Å²) in [5.74, 6) is 0.765. The molecule has 1 N–H and O–H groups in total. The molecule has 2 fully saturated rings. The van der Waals surface area contributed by atoms with Crippen LogP contribution in [0.5, 0.6) is 0 Å². The van der Waals surface area contributed by atoms with Crippen LogP contribution in [0.3, 0.4) is 0 Å². The molecule has 1 heteroatoms. The molecule has 0 bridgehead atoms. The van der Waals surface area contributed by atoms with Crippen molar-refractivity contribution < 1.29 is 0 Å². The quantitative estimate of drug-likeness (QED) is 0.736. The van der Waals surface area contributed by atoms with Crippen LogP contribution >= 0.6 is 0 Å². The predicted octanol–water partition coefficient (Wildman–Crippen LogP) is 3.08. The number of rotatable bonds is 1. The van der Waals surface area contributed by atoms with Crippen LogP contribution in [0.15, 0.2) is 30.3 Å². The van der Waals surface area contributed by atoms with Crippen LogP contribution in [0.25, 0.3) is 0 Å². The first kappa shape index (κ1) is 9.41. The van der Waals surface area contributed by atoms with Crippen LogP contribution in [0.1, 0.15) is 43.6 Å². The van der Waals surface area contributed by atoms with Crippen LogP contribution in [0.4, 0.5) is 0 Å². The molecule has 1 aliphatic heterocycles. The van der Waals surface area contributed by atoms with E-state index in [0.717, 1.165) is 5.92 Å². The Morgan fingerprint density at radius 1 is 1.07 bits per heavy atom. The van der Waals surface area contributed by atoms with Crippen molar-refractivity contribution in [1.82, 2.24) is 5.32 Å². The summed E-state index contributed by atoms with van der Waals surface area (Å²) in [5.41, 5.74) is 2.02. The standard InChI is InChI=1S/C14H19N/c1-2-6-12(7-3-1)13-8-4-5-9-14(13)10-11-15-14/h1-3,6-7,13,15H,4-5,8-11H2. The molecule has 1 nitrogen and oxygen atoms in total. The second kappa shape index (κ2) is 3.64. The molecule has 0 amide bonds. The first-order valence-electron chi connectivity index (χ1n) is 6.21. The van der Waals surface area contributed by atoms with E-state index in [2.05, 4.69) is 35.6 Å². The molecular weight excluding hydrogens is 182 g/mol. The maximum Gasteiger partial charge on any atom is 0.0262 e. The Morgan fingerprint density at radius 3 is 2.53 bits per heavy atom. The van der Waals surface area contributed by atoms with E-state index in [4.69, 9.17) is 0 Å². The monoisotopic (exact) mass is 201 g/mol. The van der Waals surface area contributed by atoms with Gasteiger partial charge < -0.3 is 5.32 Å². The SMILES string of the molecule is c1ccc(C2CCCCC23CCN3)cc1. The molecule has 2 unspecified atom stereocenters. The average Bonchev–Trinajstić information content (AvgIpc) is 2.28. The number of hydrogen-bond donors (Lipinski definition) is 1. The Labute approximate surface area is 91.9 Å². The van der Waals surface area contributed by atoms with Gasteiger partial charge in [0.15, 0.2) is 0 Å². The number of benzene rings is 1. The average molecular weight is 201 g/mol. The maximum atomic E-state index is 3.71. The van der Waals surface area contributed by atoms with E-state index in [1.807, 2.05) is 0 Å². The van der Waals surface area contributed by atoms with Crippen molar-refractivity contribution in [3.8, 4) is 0 Å². The Balaban J connectivity index is 1.89. The molecule has 2 aliphatic rings. The Kier molecular flexibility index (Phi) is 2.28. The third-order valence-electron chi connectivity index (χ3n) is 4.28. The topological polar surface area (TPSA) is 12.0 Å². The third-order valence-corrected chi connectivity index (χ3v) is 4.28. The summed E-state index contributed by atoms with van der Waals surface area (Å²) in [5, 5.41) is 3.71. The Bertz CT molecular complexity index is 326. The van der Waals surface area contributed by atoms with Gasteiger partial charge in [0.05, 0.1) is 0 Å². The summed E-state index contributed by atoms with van der Waals surface area (Å²) in [6.45, 7) is 1.23. The molecule has 1 saturated heterocycles. The maximum absolute atomic E-state index is 3.71. The highest BCUT2D eigenvalue weighted by Gasteiger charge is 2.45. The second-order valence-corrected chi connectivity index (χ2v) is 5.04. The summed E-state index contributed by atoms with van der Waals surface area (Å²) in [6.07, 6.45) is 6.95. The molecule has 1 saturated carbocycles. The van der Waals surface area contributed by atoms with Gasteiger partial charge in [-0.15, -0.1) is 0 Å². The molecule has 1 heterocycles. The molecular formula is C14H19N. The zero-order chi connectivity index (χ0) is 10.1. The summed E-state index contributed by atoms with van der Waals surface area (Å²) in [6, 6.07) is 11.1. The van der Waals surface area contributed by atoms with Crippen molar-refractivity contribution in [3.63, 3.8) is 0 Å². The minimum absolute atomic E-state index is 0.472.